The van der Waals surface area contributed by atoms with E-state index in [4.69, 9.17) is 4.74 Å². The Morgan fingerprint density at radius 3 is 2.58 bits per heavy atom. The van der Waals surface area contributed by atoms with E-state index in [-0.39, 0.29) is 17.1 Å². The summed E-state index contributed by atoms with van der Waals surface area (Å²) in [6.07, 6.45) is 2.29. The van der Waals surface area contributed by atoms with Gasteiger partial charge in [-0.3, -0.25) is 4.79 Å². The van der Waals surface area contributed by atoms with Gasteiger partial charge >= 0.3 is 0 Å². The molecule has 136 valence electrons. The molecular formula is C22H26N2O2. The molecule has 0 radical (unpaired) electrons. The zero-order valence-corrected chi connectivity index (χ0v) is 16.0. The Bertz CT molecular complexity index is 823. The van der Waals surface area contributed by atoms with Gasteiger partial charge in [0.15, 0.2) is 5.78 Å². The summed E-state index contributed by atoms with van der Waals surface area (Å²) in [6.45, 7) is 8.90. The molecule has 1 atom stereocenters. The van der Waals surface area contributed by atoms with Crippen molar-refractivity contribution in [3.8, 4) is 11.8 Å². The fourth-order valence-electron chi connectivity index (χ4n) is 3.89. The number of Topliss-reactive ketones (excluding diaryl/α,β-unsaturated/α-hetero) is 1. The van der Waals surface area contributed by atoms with Gasteiger partial charge in [0.05, 0.1) is 24.2 Å². The van der Waals surface area contributed by atoms with Gasteiger partial charge in [-0.05, 0) is 42.9 Å². The van der Waals surface area contributed by atoms with Crippen LogP contribution in [0.15, 0.2) is 46.8 Å². The predicted octanol–water partition coefficient (Wildman–Crippen LogP) is 4.60. The molecule has 3 rings (SSSR count). The highest BCUT2D eigenvalue weighted by Gasteiger charge is 2.40. The Hall–Kier alpha value is -2.54. The molecule has 1 unspecified atom stereocenters. The third-order valence-corrected chi connectivity index (χ3v) is 5.05. The average Bonchev–Trinajstić information content (AvgIpc) is 2.58. The second kappa shape index (κ2) is 6.99. The van der Waals surface area contributed by atoms with Crippen LogP contribution in [0.5, 0.6) is 5.75 Å². The monoisotopic (exact) mass is 350 g/mol. The minimum atomic E-state index is -0.292. The summed E-state index contributed by atoms with van der Waals surface area (Å²) in [5, 5.41) is 13.1. The molecule has 0 fully saturated rings. The zero-order chi connectivity index (χ0) is 18.9. The number of benzene rings is 1. The third kappa shape index (κ3) is 3.39. The van der Waals surface area contributed by atoms with Crippen LogP contribution in [0.3, 0.4) is 0 Å². The molecule has 1 aromatic carbocycles. The van der Waals surface area contributed by atoms with Crippen molar-refractivity contribution < 1.29 is 9.53 Å². The number of nitrogens with zero attached hydrogens (tertiary/aromatic N) is 1. The maximum atomic E-state index is 12.9. The number of ketones is 1. The Morgan fingerprint density at radius 2 is 1.96 bits per heavy atom. The van der Waals surface area contributed by atoms with E-state index in [1.807, 2.05) is 31.2 Å². The van der Waals surface area contributed by atoms with Crippen LogP contribution >= 0.6 is 0 Å². The molecule has 4 nitrogen and oxygen atoms in total. The lowest BCUT2D eigenvalue weighted by Crippen LogP contribution is -2.36. The van der Waals surface area contributed by atoms with E-state index in [2.05, 4.69) is 32.2 Å². The molecule has 4 heteroatoms. The number of nitriles is 1. The molecule has 0 saturated heterocycles. The second-order valence-corrected chi connectivity index (χ2v) is 7.96. The van der Waals surface area contributed by atoms with Crippen LogP contribution in [-0.4, -0.2) is 12.4 Å². The van der Waals surface area contributed by atoms with Crippen LogP contribution in [0.4, 0.5) is 0 Å². The first kappa shape index (κ1) is 18.3. The molecule has 1 aliphatic heterocycles. The molecule has 1 heterocycles. The van der Waals surface area contributed by atoms with Gasteiger partial charge in [0.1, 0.15) is 5.75 Å². The fourth-order valence-corrected chi connectivity index (χ4v) is 3.89. The summed E-state index contributed by atoms with van der Waals surface area (Å²) in [7, 11) is 0. The Morgan fingerprint density at radius 1 is 1.27 bits per heavy atom. The Labute approximate surface area is 155 Å². The van der Waals surface area contributed by atoms with Crippen LogP contribution in [-0.2, 0) is 4.79 Å². The molecule has 0 bridgehead atoms. The molecule has 2 aliphatic rings. The van der Waals surface area contributed by atoms with Crippen molar-refractivity contribution in [1.82, 2.24) is 5.32 Å². The average molecular weight is 350 g/mol. The zero-order valence-electron chi connectivity index (χ0n) is 16.0. The van der Waals surface area contributed by atoms with E-state index < -0.39 is 0 Å². The standard InChI is InChI=1S/C22H26N2O2/c1-5-10-26-16-8-6-15(7-9-16)20-17(13-23)14(2)24-18-11-22(3,4)12-19(25)21(18)20/h6-9,20,24H,5,10-12H2,1-4H3. The van der Waals surface area contributed by atoms with Gasteiger partial charge < -0.3 is 10.1 Å². The number of allylic oxidation sites excluding steroid dienone is 4. The summed E-state index contributed by atoms with van der Waals surface area (Å²) in [6, 6.07) is 10.1. The number of dihydropyridines is 1. The first-order valence-electron chi connectivity index (χ1n) is 9.23. The third-order valence-electron chi connectivity index (χ3n) is 5.05. The van der Waals surface area contributed by atoms with Gasteiger partial charge in [0.25, 0.3) is 0 Å². The van der Waals surface area contributed by atoms with Crippen LogP contribution in [0, 0.1) is 16.7 Å². The highest BCUT2D eigenvalue weighted by Crippen LogP contribution is 2.46. The molecule has 0 amide bonds. The largest absolute Gasteiger partial charge is 0.494 e. The van der Waals surface area contributed by atoms with Crippen molar-refractivity contribution in [1.29, 1.82) is 5.26 Å². The Kier molecular flexibility index (Phi) is 4.91. The Balaban J connectivity index is 2.03. The van der Waals surface area contributed by atoms with Gasteiger partial charge in [-0.1, -0.05) is 32.9 Å². The molecular weight excluding hydrogens is 324 g/mol. The smallest absolute Gasteiger partial charge is 0.162 e. The van der Waals surface area contributed by atoms with E-state index in [1.54, 1.807) is 0 Å². The lowest BCUT2D eigenvalue weighted by Gasteiger charge is -2.38. The van der Waals surface area contributed by atoms with Crippen LogP contribution in [0.25, 0.3) is 0 Å². The summed E-state index contributed by atoms with van der Waals surface area (Å²) in [5.41, 5.74) is 4.10. The molecule has 1 aliphatic carbocycles. The second-order valence-electron chi connectivity index (χ2n) is 7.96. The lowest BCUT2D eigenvalue weighted by atomic mass is 9.69. The predicted molar refractivity (Wildman–Crippen MR) is 101 cm³/mol. The number of hydrogen-bond donors (Lipinski definition) is 1. The van der Waals surface area contributed by atoms with E-state index in [0.29, 0.717) is 18.6 Å². The number of carbonyl (C=O) groups is 1. The van der Waals surface area contributed by atoms with Crippen molar-refractivity contribution in [2.24, 2.45) is 5.41 Å². The first-order chi connectivity index (χ1) is 12.4. The quantitative estimate of drug-likeness (QED) is 0.862. The minimum Gasteiger partial charge on any atom is -0.494 e. The summed E-state index contributed by atoms with van der Waals surface area (Å²) < 4.78 is 5.66. The highest BCUT2D eigenvalue weighted by atomic mass is 16.5. The van der Waals surface area contributed by atoms with Crippen LogP contribution < -0.4 is 10.1 Å². The van der Waals surface area contributed by atoms with Crippen molar-refractivity contribution >= 4 is 5.78 Å². The van der Waals surface area contributed by atoms with Crippen LogP contribution in [0.2, 0.25) is 0 Å². The molecule has 0 spiro atoms. The van der Waals surface area contributed by atoms with Gasteiger partial charge in [0.2, 0.25) is 0 Å². The normalized spacial score (nSPS) is 21.8. The SMILES string of the molecule is CCCOc1ccc(C2C(C#N)=C(C)NC3=C2C(=O)CC(C)(C)C3)cc1. The van der Waals surface area contributed by atoms with E-state index >= 15 is 0 Å². The fraction of sp³-hybridized carbons (Fsp3) is 0.455. The highest BCUT2D eigenvalue weighted by molar-refractivity contribution is 6.00. The minimum absolute atomic E-state index is 0.0598. The van der Waals surface area contributed by atoms with E-state index in [9.17, 15) is 10.1 Å². The van der Waals surface area contributed by atoms with Crippen molar-refractivity contribution in [3.05, 3.63) is 52.4 Å². The van der Waals surface area contributed by atoms with Gasteiger partial charge in [-0.15, -0.1) is 0 Å². The van der Waals surface area contributed by atoms with Crippen molar-refractivity contribution in [3.63, 3.8) is 0 Å². The summed E-state index contributed by atoms with van der Waals surface area (Å²) >= 11 is 0. The molecule has 1 N–H and O–H groups in total. The van der Waals surface area contributed by atoms with Crippen molar-refractivity contribution in [2.45, 2.75) is 52.9 Å². The van der Waals surface area contributed by atoms with E-state index in [0.717, 1.165) is 41.1 Å². The molecule has 1 aromatic rings. The first-order valence-corrected chi connectivity index (χ1v) is 9.23. The summed E-state index contributed by atoms with van der Waals surface area (Å²) in [5.74, 6) is 0.662. The van der Waals surface area contributed by atoms with E-state index in [1.165, 1.54) is 0 Å². The maximum Gasteiger partial charge on any atom is 0.162 e. The number of carbonyl (C=O) groups excluding carboxylic acids is 1. The van der Waals surface area contributed by atoms with Gasteiger partial charge in [-0.25, -0.2) is 0 Å². The number of nitrogens with one attached hydrogen (secondary N) is 1. The topological polar surface area (TPSA) is 62.1 Å². The maximum absolute atomic E-state index is 12.9. The number of hydrogen-bond acceptors (Lipinski definition) is 4. The molecule has 0 aromatic heterocycles. The van der Waals surface area contributed by atoms with Crippen LogP contribution in [0.1, 0.15) is 58.4 Å². The number of ether oxygens (including phenoxy) is 1. The molecule has 0 saturated carbocycles. The summed E-state index contributed by atoms with van der Waals surface area (Å²) in [4.78, 5) is 12.9. The number of rotatable bonds is 4. The molecule has 26 heavy (non-hydrogen) atoms. The van der Waals surface area contributed by atoms with Crippen molar-refractivity contribution in [2.75, 3.05) is 6.61 Å². The lowest BCUT2D eigenvalue weighted by molar-refractivity contribution is -0.118. The van der Waals surface area contributed by atoms with Gasteiger partial charge in [-0.2, -0.15) is 5.26 Å². The van der Waals surface area contributed by atoms with Gasteiger partial charge in [0, 0.05) is 23.4 Å².